The van der Waals surface area contributed by atoms with Gasteiger partial charge in [-0.25, -0.2) is 4.79 Å². The van der Waals surface area contributed by atoms with Gasteiger partial charge in [0, 0.05) is 10.6 Å². The van der Waals surface area contributed by atoms with Crippen LogP contribution in [-0.2, 0) is 11.3 Å². The number of phenols is 1. The number of carbonyl (C=O) groups is 1. The van der Waals surface area contributed by atoms with Crippen LogP contribution in [0.5, 0.6) is 5.75 Å². The highest BCUT2D eigenvalue weighted by atomic mass is 35.5. The highest BCUT2D eigenvalue weighted by Crippen LogP contribution is 2.28. The summed E-state index contributed by atoms with van der Waals surface area (Å²) in [6.45, 7) is 3.82. The van der Waals surface area contributed by atoms with Crippen LogP contribution in [0.25, 0.3) is 0 Å². The zero-order valence-electron chi connectivity index (χ0n) is 9.03. The normalized spacial score (nSPS) is 10.8. The molecule has 16 heavy (non-hydrogen) atoms. The minimum absolute atomic E-state index is 0.00772. The molecule has 0 radical (unpaired) electrons. The fourth-order valence-electron chi connectivity index (χ4n) is 1.19. The van der Waals surface area contributed by atoms with Gasteiger partial charge in [0.2, 0.25) is 0 Å². The Morgan fingerprint density at radius 3 is 2.62 bits per heavy atom. The van der Waals surface area contributed by atoms with E-state index in [0.29, 0.717) is 5.56 Å². The quantitative estimate of drug-likeness (QED) is 0.855. The van der Waals surface area contributed by atoms with Crippen molar-refractivity contribution in [1.29, 1.82) is 0 Å². The number of aromatic carboxylic acids is 1. The molecule has 0 fully saturated rings. The van der Waals surface area contributed by atoms with Gasteiger partial charge in [-0.15, -0.1) is 0 Å². The lowest BCUT2D eigenvalue weighted by atomic mass is 10.1. The lowest BCUT2D eigenvalue weighted by molar-refractivity contribution is 0.0638. The van der Waals surface area contributed by atoms with Crippen molar-refractivity contribution in [3.05, 3.63) is 28.3 Å². The SMILES string of the molecule is CC(C)OCc1cc(Cl)cc(C(=O)O)c1O. The van der Waals surface area contributed by atoms with Crippen molar-refractivity contribution < 1.29 is 19.7 Å². The second-order valence-corrected chi connectivity index (χ2v) is 4.06. The predicted octanol–water partition coefficient (Wildman–Crippen LogP) is 2.67. The third-order valence-corrected chi connectivity index (χ3v) is 2.17. The largest absolute Gasteiger partial charge is 0.507 e. The molecule has 5 heteroatoms. The Morgan fingerprint density at radius 1 is 1.50 bits per heavy atom. The van der Waals surface area contributed by atoms with E-state index in [-0.39, 0.29) is 29.0 Å². The highest BCUT2D eigenvalue weighted by Gasteiger charge is 2.15. The second kappa shape index (κ2) is 5.18. The Morgan fingerprint density at radius 2 is 2.12 bits per heavy atom. The zero-order valence-corrected chi connectivity index (χ0v) is 9.78. The number of hydrogen-bond donors (Lipinski definition) is 2. The minimum atomic E-state index is -1.22. The molecule has 1 aromatic carbocycles. The summed E-state index contributed by atoms with van der Waals surface area (Å²) in [5, 5.41) is 18.8. The van der Waals surface area contributed by atoms with Crippen molar-refractivity contribution in [3.8, 4) is 5.75 Å². The molecule has 1 aromatic rings. The molecule has 4 nitrogen and oxygen atoms in total. The summed E-state index contributed by atoms with van der Waals surface area (Å²) in [5.41, 5.74) is 0.161. The second-order valence-electron chi connectivity index (χ2n) is 3.63. The first-order valence-corrected chi connectivity index (χ1v) is 5.16. The average molecular weight is 245 g/mol. The monoisotopic (exact) mass is 244 g/mol. The van der Waals surface area contributed by atoms with Crippen LogP contribution in [0, 0.1) is 0 Å². The van der Waals surface area contributed by atoms with Crippen LogP contribution in [0.2, 0.25) is 5.02 Å². The number of halogens is 1. The van der Waals surface area contributed by atoms with Gasteiger partial charge in [-0.05, 0) is 26.0 Å². The molecule has 2 N–H and O–H groups in total. The van der Waals surface area contributed by atoms with E-state index in [4.69, 9.17) is 21.4 Å². The van der Waals surface area contributed by atoms with E-state index in [0.717, 1.165) is 0 Å². The number of rotatable bonds is 4. The Labute approximate surface area is 98.4 Å². The van der Waals surface area contributed by atoms with Gasteiger partial charge in [-0.2, -0.15) is 0 Å². The summed E-state index contributed by atoms with van der Waals surface area (Å²) in [4.78, 5) is 10.8. The molecule has 88 valence electrons. The van der Waals surface area contributed by atoms with Gasteiger partial charge < -0.3 is 14.9 Å². The summed E-state index contributed by atoms with van der Waals surface area (Å²) in [6, 6.07) is 2.70. The molecule has 0 aliphatic carbocycles. The molecule has 0 heterocycles. The van der Waals surface area contributed by atoms with E-state index in [1.165, 1.54) is 12.1 Å². The van der Waals surface area contributed by atoms with E-state index in [2.05, 4.69) is 0 Å². The van der Waals surface area contributed by atoms with Crippen LogP contribution in [0.1, 0.15) is 29.8 Å². The third-order valence-electron chi connectivity index (χ3n) is 1.96. The van der Waals surface area contributed by atoms with E-state index < -0.39 is 5.97 Å². The van der Waals surface area contributed by atoms with Gasteiger partial charge in [0.05, 0.1) is 12.7 Å². The van der Waals surface area contributed by atoms with Crippen LogP contribution < -0.4 is 0 Å². The maximum atomic E-state index is 10.8. The van der Waals surface area contributed by atoms with Gasteiger partial charge in [0.25, 0.3) is 0 Å². The van der Waals surface area contributed by atoms with Crippen molar-refractivity contribution in [2.24, 2.45) is 0 Å². The minimum Gasteiger partial charge on any atom is -0.507 e. The molecule has 0 atom stereocenters. The van der Waals surface area contributed by atoms with E-state index in [1.807, 2.05) is 13.8 Å². The van der Waals surface area contributed by atoms with Gasteiger partial charge in [-0.1, -0.05) is 11.6 Å². The molecule has 0 saturated carbocycles. The molecule has 0 amide bonds. The van der Waals surface area contributed by atoms with Crippen molar-refractivity contribution >= 4 is 17.6 Å². The third kappa shape index (κ3) is 3.12. The van der Waals surface area contributed by atoms with E-state index >= 15 is 0 Å². The molecule has 0 unspecified atom stereocenters. The fraction of sp³-hybridized carbons (Fsp3) is 0.364. The van der Waals surface area contributed by atoms with Crippen molar-refractivity contribution in [1.82, 2.24) is 0 Å². The number of carboxylic acid groups (broad SMARTS) is 1. The summed E-state index contributed by atoms with van der Waals surface area (Å²) in [7, 11) is 0. The van der Waals surface area contributed by atoms with E-state index in [9.17, 15) is 9.90 Å². The number of benzene rings is 1. The highest BCUT2D eigenvalue weighted by molar-refractivity contribution is 6.31. The van der Waals surface area contributed by atoms with Gasteiger partial charge in [-0.3, -0.25) is 0 Å². The van der Waals surface area contributed by atoms with Crippen LogP contribution in [-0.4, -0.2) is 22.3 Å². The standard InChI is InChI=1S/C11H13ClO4/c1-6(2)16-5-7-3-8(12)4-9(10(7)13)11(14)15/h3-4,6,13H,5H2,1-2H3,(H,14,15). The Bertz CT molecular complexity index is 401. The lowest BCUT2D eigenvalue weighted by Crippen LogP contribution is -2.05. The fourth-order valence-corrected chi connectivity index (χ4v) is 1.43. The topological polar surface area (TPSA) is 66.8 Å². The Hall–Kier alpha value is -1.26. The molecule has 0 spiro atoms. The number of ether oxygens (including phenoxy) is 1. The first-order chi connectivity index (χ1) is 7.41. The molecule has 0 saturated heterocycles. The Balaban J connectivity index is 3.04. The average Bonchev–Trinajstić information content (AvgIpc) is 2.18. The number of hydrogen-bond acceptors (Lipinski definition) is 3. The molecular weight excluding hydrogens is 232 g/mol. The molecule has 1 rings (SSSR count). The molecule has 0 aliphatic rings. The first kappa shape index (κ1) is 12.8. The summed E-state index contributed by atoms with van der Waals surface area (Å²) in [6.07, 6.45) is -0.00772. The zero-order chi connectivity index (χ0) is 12.3. The Kier molecular flexibility index (Phi) is 4.15. The molecule has 0 bridgehead atoms. The van der Waals surface area contributed by atoms with Crippen LogP contribution in [0.15, 0.2) is 12.1 Å². The smallest absolute Gasteiger partial charge is 0.339 e. The van der Waals surface area contributed by atoms with Crippen molar-refractivity contribution in [2.45, 2.75) is 26.6 Å². The van der Waals surface area contributed by atoms with Crippen LogP contribution >= 0.6 is 11.6 Å². The maximum absolute atomic E-state index is 10.8. The molecular formula is C11H13ClO4. The molecule has 0 aromatic heterocycles. The van der Waals surface area contributed by atoms with Gasteiger partial charge in [0.15, 0.2) is 0 Å². The number of carboxylic acids is 1. The van der Waals surface area contributed by atoms with Crippen molar-refractivity contribution in [3.63, 3.8) is 0 Å². The first-order valence-electron chi connectivity index (χ1n) is 4.78. The maximum Gasteiger partial charge on any atom is 0.339 e. The van der Waals surface area contributed by atoms with Crippen LogP contribution in [0.4, 0.5) is 0 Å². The predicted molar refractivity (Wildman–Crippen MR) is 60.0 cm³/mol. The van der Waals surface area contributed by atoms with Crippen molar-refractivity contribution in [2.75, 3.05) is 0 Å². The summed E-state index contributed by atoms with van der Waals surface area (Å²) in [5.74, 6) is -1.51. The number of aromatic hydroxyl groups is 1. The van der Waals surface area contributed by atoms with Gasteiger partial charge in [0.1, 0.15) is 11.3 Å². The van der Waals surface area contributed by atoms with Crippen LogP contribution in [0.3, 0.4) is 0 Å². The molecule has 0 aliphatic heterocycles. The summed E-state index contributed by atoms with van der Waals surface area (Å²) >= 11 is 5.75. The summed E-state index contributed by atoms with van der Waals surface area (Å²) < 4.78 is 5.29. The lowest BCUT2D eigenvalue weighted by Gasteiger charge is -2.11. The van der Waals surface area contributed by atoms with E-state index in [1.54, 1.807) is 0 Å². The van der Waals surface area contributed by atoms with Gasteiger partial charge >= 0.3 is 5.97 Å².